The fourth-order valence-corrected chi connectivity index (χ4v) is 9.91. The van der Waals surface area contributed by atoms with Crippen molar-refractivity contribution in [3.05, 3.63) is 102 Å². The summed E-state index contributed by atoms with van der Waals surface area (Å²) in [5.41, 5.74) is 4.39. The number of imide groups is 2. The molecule has 2 aromatic heterocycles. The highest BCUT2D eigenvalue weighted by molar-refractivity contribution is 6.24. The monoisotopic (exact) mass is 921 g/mol. The largest absolute Gasteiger partial charge is 0.483 e. The van der Waals surface area contributed by atoms with Gasteiger partial charge in [-0.15, -0.1) is 0 Å². The minimum atomic E-state index is -1.11. The van der Waals surface area contributed by atoms with Crippen molar-refractivity contribution in [2.45, 2.75) is 69.5 Å². The van der Waals surface area contributed by atoms with Gasteiger partial charge in [0.05, 0.1) is 23.9 Å². The van der Waals surface area contributed by atoms with E-state index in [2.05, 4.69) is 52.5 Å². The van der Waals surface area contributed by atoms with E-state index in [0.29, 0.717) is 76.3 Å². The molecule has 6 heterocycles. The quantitative estimate of drug-likeness (QED) is 0.144. The molecule has 1 saturated carbocycles. The van der Waals surface area contributed by atoms with E-state index in [9.17, 15) is 33.6 Å². The van der Waals surface area contributed by atoms with Gasteiger partial charge in [-0.3, -0.25) is 43.8 Å². The van der Waals surface area contributed by atoms with Crippen molar-refractivity contribution in [1.82, 2.24) is 44.9 Å². The minimum Gasteiger partial charge on any atom is -0.483 e. The Bertz CT molecular complexity index is 2780. The third kappa shape index (κ3) is 9.07. The third-order valence-corrected chi connectivity index (χ3v) is 13.8. The summed E-state index contributed by atoms with van der Waals surface area (Å²) in [7, 11) is 0. The predicted molar refractivity (Wildman–Crippen MR) is 247 cm³/mol. The summed E-state index contributed by atoms with van der Waals surface area (Å²) >= 11 is 0. The molecule has 7 amide bonds. The van der Waals surface area contributed by atoms with Crippen molar-refractivity contribution in [3.8, 4) is 5.75 Å². The van der Waals surface area contributed by atoms with Gasteiger partial charge in [-0.2, -0.15) is 0 Å². The van der Waals surface area contributed by atoms with Crippen molar-refractivity contribution in [2.24, 2.45) is 5.92 Å². The first-order valence-corrected chi connectivity index (χ1v) is 23.2. The van der Waals surface area contributed by atoms with Gasteiger partial charge in [0.25, 0.3) is 17.7 Å². The van der Waals surface area contributed by atoms with Gasteiger partial charge in [0.15, 0.2) is 23.6 Å². The van der Waals surface area contributed by atoms with Crippen LogP contribution in [0.15, 0.2) is 85.5 Å². The van der Waals surface area contributed by atoms with Crippen LogP contribution in [-0.4, -0.2) is 134 Å². The standard InChI is InChI=1S/C49H51N11O8/c61-39-14-13-37(47(65)55-39)60-48(66)36-7-4-8-38(43(36)49(60)67)68-27-42(64)57-17-15-31(16-18-57)24-41(63)58-21-19-56(20-22-58)34-11-9-32(10-12-34)54-45-44-46(51-28-50-45)59(29-52-44)35-25-33(26-35)53-40(62)23-30-5-2-1-3-6-30/h1-12,28-29,31,33,35,37H,13-27H2,(H,53,62)(H,50,51,54)(H,55,61,65)/t33?,35?,37-/m0/s1. The van der Waals surface area contributed by atoms with Gasteiger partial charge in [-0.05, 0) is 80.0 Å². The number of ether oxygens (including phenoxy) is 1. The molecule has 1 aliphatic carbocycles. The maximum atomic E-state index is 13.4. The average Bonchev–Trinajstić information content (AvgIpc) is 3.88. The average molecular weight is 922 g/mol. The van der Waals surface area contributed by atoms with E-state index < -0.39 is 29.7 Å². The number of aromatic nitrogens is 4. The summed E-state index contributed by atoms with van der Waals surface area (Å²) in [6.45, 7) is 3.22. The minimum absolute atomic E-state index is 0.00646. The van der Waals surface area contributed by atoms with Crippen LogP contribution in [0.5, 0.6) is 5.75 Å². The van der Waals surface area contributed by atoms with Crippen LogP contribution >= 0.6 is 0 Å². The number of nitrogens with zero attached hydrogens (tertiary/aromatic N) is 8. The molecule has 19 heteroatoms. The lowest BCUT2D eigenvalue weighted by molar-refractivity contribution is -0.137. The van der Waals surface area contributed by atoms with Gasteiger partial charge >= 0.3 is 0 Å². The highest BCUT2D eigenvalue weighted by Crippen LogP contribution is 2.36. The Labute approximate surface area is 391 Å². The van der Waals surface area contributed by atoms with E-state index in [0.717, 1.165) is 40.3 Å². The molecule has 5 aromatic rings. The molecule has 0 bridgehead atoms. The number of benzene rings is 3. The molecule has 0 radical (unpaired) electrons. The normalized spacial score (nSPS) is 20.8. The number of nitrogens with one attached hydrogen (secondary N) is 3. The van der Waals surface area contributed by atoms with E-state index in [1.54, 1.807) is 17.3 Å². The van der Waals surface area contributed by atoms with Crippen LogP contribution < -0.4 is 25.6 Å². The van der Waals surface area contributed by atoms with E-state index in [1.165, 1.54) is 18.5 Å². The molecule has 4 aliphatic heterocycles. The Balaban J connectivity index is 0.649. The highest BCUT2D eigenvalue weighted by atomic mass is 16.5. The van der Waals surface area contributed by atoms with Crippen molar-refractivity contribution in [2.75, 3.05) is 56.1 Å². The van der Waals surface area contributed by atoms with Crippen LogP contribution in [0, 0.1) is 5.92 Å². The Kier molecular flexibility index (Phi) is 12.3. The molecule has 10 rings (SSSR count). The van der Waals surface area contributed by atoms with Crippen LogP contribution in [0.25, 0.3) is 11.2 Å². The number of hydrogen-bond donors (Lipinski definition) is 3. The lowest BCUT2D eigenvalue weighted by Crippen LogP contribution is -2.54. The molecule has 3 N–H and O–H groups in total. The second-order valence-corrected chi connectivity index (χ2v) is 18.1. The number of likely N-dealkylation sites (tertiary alicyclic amines) is 1. The first kappa shape index (κ1) is 44.2. The van der Waals surface area contributed by atoms with E-state index in [4.69, 9.17) is 4.74 Å². The van der Waals surface area contributed by atoms with Crippen LogP contribution in [-0.2, 0) is 30.4 Å². The van der Waals surface area contributed by atoms with Gasteiger partial charge in [0.1, 0.15) is 18.1 Å². The lowest BCUT2D eigenvalue weighted by atomic mass is 9.86. The Hall–Kier alpha value is -7.70. The Morgan fingerprint density at radius 2 is 1.51 bits per heavy atom. The molecular weight excluding hydrogens is 871 g/mol. The van der Waals surface area contributed by atoms with Crippen LogP contribution in [0.2, 0.25) is 0 Å². The van der Waals surface area contributed by atoms with Gasteiger partial charge in [-0.25, -0.2) is 15.0 Å². The number of piperidine rings is 2. The fourth-order valence-electron chi connectivity index (χ4n) is 9.91. The van der Waals surface area contributed by atoms with Crippen molar-refractivity contribution in [3.63, 3.8) is 0 Å². The summed E-state index contributed by atoms with van der Waals surface area (Å²) in [4.78, 5) is 110. The first-order chi connectivity index (χ1) is 33.1. The maximum absolute atomic E-state index is 13.4. The summed E-state index contributed by atoms with van der Waals surface area (Å²) in [6.07, 6.45) is 7.12. The molecule has 3 saturated heterocycles. The SMILES string of the molecule is O=C1CC[C@H](N2C(=O)c3cccc(OCC(=O)N4CCC(CC(=O)N5CCN(c6ccc(Nc7ncnc8c7ncn8C7CC(NC(=O)Cc8ccccc8)C7)cc6)CC5)CC4)c3C2=O)C(=O)N1. The number of fused-ring (bicyclic) bond motifs is 2. The number of amides is 7. The van der Waals surface area contributed by atoms with Crippen molar-refractivity contribution in [1.29, 1.82) is 0 Å². The van der Waals surface area contributed by atoms with Gasteiger partial charge in [0, 0.05) is 75.6 Å². The Morgan fingerprint density at radius 1 is 0.765 bits per heavy atom. The fraction of sp³-hybridized carbons (Fsp3) is 0.388. The second-order valence-electron chi connectivity index (χ2n) is 18.1. The smallest absolute Gasteiger partial charge is 0.266 e. The molecule has 68 heavy (non-hydrogen) atoms. The van der Waals surface area contributed by atoms with Crippen LogP contribution in [0.4, 0.5) is 17.2 Å². The molecule has 350 valence electrons. The molecule has 19 nitrogen and oxygen atoms in total. The van der Waals surface area contributed by atoms with Gasteiger partial charge in [-0.1, -0.05) is 36.4 Å². The molecule has 5 aliphatic rings. The molecular formula is C49H51N11O8. The zero-order chi connectivity index (χ0) is 46.9. The number of hydrogen-bond acceptors (Lipinski definition) is 13. The van der Waals surface area contributed by atoms with Crippen LogP contribution in [0.1, 0.15) is 77.3 Å². The number of anilines is 3. The van der Waals surface area contributed by atoms with E-state index in [1.807, 2.05) is 47.4 Å². The van der Waals surface area contributed by atoms with Crippen molar-refractivity contribution < 1.29 is 38.3 Å². The van der Waals surface area contributed by atoms with E-state index >= 15 is 0 Å². The number of piperazine rings is 1. The third-order valence-electron chi connectivity index (χ3n) is 13.8. The highest BCUT2D eigenvalue weighted by Gasteiger charge is 2.46. The molecule has 3 aromatic carbocycles. The summed E-state index contributed by atoms with van der Waals surface area (Å²) in [5.74, 6) is -1.81. The summed E-state index contributed by atoms with van der Waals surface area (Å²) < 4.78 is 7.89. The number of rotatable bonds is 13. The summed E-state index contributed by atoms with van der Waals surface area (Å²) in [6, 6.07) is 21.6. The van der Waals surface area contributed by atoms with Crippen LogP contribution in [0.3, 0.4) is 0 Å². The molecule has 4 fully saturated rings. The second kappa shape index (κ2) is 18.9. The van der Waals surface area contributed by atoms with E-state index in [-0.39, 0.29) is 72.0 Å². The Morgan fingerprint density at radius 3 is 2.26 bits per heavy atom. The maximum Gasteiger partial charge on any atom is 0.266 e. The lowest BCUT2D eigenvalue weighted by Gasteiger charge is -2.37. The van der Waals surface area contributed by atoms with Crippen molar-refractivity contribution >= 4 is 69.7 Å². The summed E-state index contributed by atoms with van der Waals surface area (Å²) in [5, 5.41) is 8.74. The number of carbonyl (C=O) groups is 7. The van der Waals surface area contributed by atoms with Gasteiger partial charge < -0.3 is 34.6 Å². The molecule has 0 spiro atoms. The first-order valence-electron chi connectivity index (χ1n) is 23.2. The number of imidazole rings is 1. The zero-order valence-corrected chi connectivity index (χ0v) is 37.3. The predicted octanol–water partition coefficient (Wildman–Crippen LogP) is 3.39. The molecule has 1 atom stereocenters. The number of carbonyl (C=O) groups excluding carboxylic acids is 7. The topological polar surface area (TPSA) is 221 Å². The molecule has 0 unspecified atom stereocenters. The zero-order valence-electron chi connectivity index (χ0n) is 37.3. The van der Waals surface area contributed by atoms with Gasteiger partial charge in [0.2, 0.25) is 23.6 Å².